The predicted molar refractivity (Wildman–Crippen MR) is 133 cm³/mol. The first-order valence-electron chi connectivity index (χ1n) is 11.5. The minimum Gasteiger partial charge on any atom is -0.450 e. The summed E-state index contributed by atoms with van der Waals surface area (Å²) in [5, 5.41) is 3.48. The van der Waals surface area contributed by atoms with Crippen molar-refractivity contribution in [1.29, 1.82) is 0 Å². The number of fused-ring (bicyclic) bond motifs is 1. The van der Waals surface area contributed by atoms with Crippen LogP contribution in [-0.4, -0.2) is 39.6 Å². The molecule has 0 spiro atoms. The second kappa shape index (κ2) is 10.7. The van der Waals surface area contributed by atoms with Gasteiger partial charge >= 0.3 is 6.09 Å². The molecule has 0 saturated carbocycles. The number of carbonyl (C=O) groups is 2. The van der Waals surface area contributed by atoms with Crippen LogP contribution in [0.5, 0.6) is 0 Å². The molecule has 0 unspecified atom stereocenters. The fourth-order valence-corrected chi connectivity index (χ4v) is 4.10. The lowest BCUT2D eigenvalue weighted by molar-refractivity contribution is -0.121. The van der Waals surface area contributed by atoms with Gasteiger partial charge in [0, 0.05) is 29.2 Å². The van der Waals surface area contributed by atoms with Crippen LogP contribution in [0.25, 0.3) is 11.4 Å². The maximum Gasteiger partial charge on any atom is 0.410 e. The van der Waals surface area contributed by atoms with Gasteiger partial charge in [-0.15, -0.1) is 0 Å². The van der Waals surface area contributed by atoms with Crippen molar-refractivity contribution < 1.29 is 14.3 Å². The third-order valence-electron chi connectivity index (χ3n) is 5.86. The molecule has 0 aliphatic carbocycles. The molecule has 1 aromatic heterocycles. The van der Waals surface area contributed by atoms with E-state index in [9.17, 15) is 14.4 Å². The third-order valence-corrected chi connectivity index (χ3v) is 6.11. The first-order chi connectivity index (χ1) is 16.9. The number of hydrogen-bond acceptors (Lipinski definition) is 5. The number of aromatic nitrogens is 2. The summed E-state index contributed by atoms with van der Waals surface area (Å²) in [7, 11) is 0. The zero-order chi connectivity index (χ0) is 24.9. The molecule has 35 heavy (non-hydrogen) atoms. The molecule has 2 aromatic carbocycles. The minimum atomic E-state index is -0.428. The Morgan fingerprint density at radius 1 is 1.11 bits per heavy atom. The first kappa shape index (κ1) is 24.5. The van der Waals surface area contributed by atoms with Crippen molar-refractivity contribution in [2.75, 3.05) is 13.2 Å². The molecule has 4 rings (SSSR count). The zero-order valence-corrected chi connectivity index (χ0v) is 20.5. The largest absolute Gasteiger partial charge is 0.450 e. The van der Waals surface area contributed by atoms with Gasteiger partial charge in [0.1, 0.15) is 12.4 Å². The van der Waals surface area contributed by atoms with E-state index in [0.717, 1.165) is 11.1 Å². The van der Waals surface area contributed by atoms with Crippen LogP contribution in [0, 0.1) is 6.92 Å². The highest BCUT2D eigenvalue weighted by molar-refractivity contribution is 6.30. The van der Waals surface area contributed by atoms with Crippen LogP contribution in [0.15, 0.2) is 53.3 Å². The molecule has 2 amide bonds. The van der Waals surface area contributed by atoms with E-state index in [4.69, 9.17) is 21.3 Å². The van der Waals surface area contributed by atoms with E-state index in [1.54, 1.807) is 24.0 Å². The lowest BCUT2D eigenvalue weighted by Crippen LogP contribution is -2.42. The van der Waals surface area contributed by atoms with Gasteiger partial charge in [0.15, 0.2) is 0 Å². The van der Waals surface area contributed by atoms with Crippen molar-refractivity contribution >= 4 is 23.6 Å². The summed E-state index contributed by atoms with van der Waals surface area (Å²) >= 11 is 5.92. The van der Waals surface area contributed by atoms with E-state index in [1.165, 1.54) is 4.57 Å². The Labute approximate surface area is 208 Å². The van der Waals surface area contributed by atoms with Crippen molar-refractivity contribution in [3.63, 3.8) is 0 Å². The average molecular weight is 495 g/mol. The third kappa shape index (κ3) is 5.71. The van der Waals surface area contributed by atoms with Crippen LogP contribution in [0.1, 0.15) is 29.3 Å². The van der Waals surface area contributed by atoms with Gasteiger partial charge in [-0.3, -0.25) is 14.2 Å². The number of amides is 2. The predicted octanol–water partition coefficient (Wildman–Crippen LogP) is 3.70. The zero-order valence-electron chi connectivity index (χ0n) is 19.7. The van der Waals surface area contributed by atoms with Gasteiger partial charge in [-0.05, 0) is 38.0 Å². The minimum absolute atomic E-state index is 0.169. The summed E-state index contributed by atoms with van der Waals surface area (Å²) in [5.41, 5.74) is 3.46. The molecule has 9 heteroatoms. The monoisotopic (exact) mass is 494 g/mol. The Morgan fingerprint density at radius 3 is 2.51 bits per heavy atom. The number of halogens is 1. The number of benzene rings is 2. The van der Waals surface area contributed by atoms with E-state index in [0.29, 0.717) is 47.2 Å². The fraction of sp³-hybridized carbons (Fsp3) is 0.308. The first-order valence-corrected chi connectivity index (χ1v) is 11.9. The van der Waals surface area contributed by atoms with E-state index < -0.39 is 6.09 Å². The van der Waals surface area contributed by atoms with Crippen LogP contribution < -0.4 is 10.9 Å². The van der Waals surface area contributed by atoms with Gasteiger partial charge in [0.2, 0.25) is 5.91 Å². The van der Waals surface area contributed by atoms with Gasteiger partial charge in [0.25, 0.3) is 5.56 Å². The van der Waals surface area contributed by atoms with E-state index >= 15 is 0 Å². The molecule has 182 valence electrons. The summed E-state index contributed by atoms with van der Waals surface area (Å²) in [4.78, 5) is 44.9. The number of carbonyl (C=O) groups excluding carboxylic acids is 2. The molecule has 0 fully saturated rings. The molecule has 0 atom stereocenters. The van der Waals surface area contributed by atoms with Gasteiger partial charge < -0.3 is 15.0 Å². The maximum absolute atomic E-state index is 13.5. The van der Waals surface area contributed by atoms with E-state index in [1.807, 2.05) is 43.3 Å². The molecule has 3 aromatic rings. The molecular weight excluding hydrogens is 468 g/mol. The number of ether oxygens (including phenoxy) is 1. The number of rotatable bonds is 6. The van der Waals surface area contributed by atoms with E-state index in [2.05, 4.69) is 5.32 Å². The number of nitrogens with zero attached hydrogens (tertiary/aromatic N) is 3. The Kier molecular flexibility index (Phi) is 7.51. The van der Waals surface area contributed by atoms with Crippen LogP contribution >= 0.6 is 11.6 Å². The maximum atomic E-state index is 13.5. The fourth-order valence-electron chi connectivity index (χ4n) is 3.97. The molecule has 2 heterocycles. The van der Waals surface area contributed by atoms with Crippen molar-refractivity contribution in [3.8, 4) is 11.4 Å². The number of nitrogens with one attached hydrogen (secondary N) is 1. The molecule has 0 radical (unpaired) electrons. The highest BCUT2D eigenvalue weighted by atomic mass is 35.5. The molecule has 0 bridgehead atoms. The van der Waals surface area contributed by atoms with Crippen molar-refractivity contribution in [2.45, 2.75) is 39.9 Å². The smallest absolute Gasteiger partial charge is 0.410 e. The standard InChI is InChI=1S/C26H27ClN4O4/c1-3-35-26(34)30-13-12-21-22(15-30)29-24(19-8-4-17(2)5-9-19)31(25(21)33)16-23(32)28-14-18-6-10-20(27)11-7-18/h4-11H,3,12-16H2,1-2H3,(H,28,32). The quantitative estimate of drug-likeness (QED) is 0.564. The Balaban J connectivity index is 1.64. The second-order valence-electron chi connectivity index (χ2n) is 8.39. The van der Waals surface area contributed by atoms with Crippen molar-refractivity contribution in [3.05, 3.63) is 86.3 Å². The van der Waals surface area contributed by atoms with Gasteiger partial charge in [0.05, 0.1) is 18.8 Å². The summed E-state index contributed by atoms with van der Waals surface area (Å²) in [6.07, 6.45) is -0.0804. The lowest BCUT2D eigenvalue weighted by atomic mass is 10.1. The highest BCUT2D eigenvalue weighted by Crippen LogP contribution is 2.22. The summed E-state index contributed by atoms with van der Waals surface area (Å²) < 4.78 is 6.53. The average Bonchev–Trinajstić information content (AvgIpc) is 2.85. The molecule has 1 N–H and O–H groups in total. The Morgan fingerprint density at radius 2 is 1.83 bits per heavy atom. The van der Waals surface area contributed by atoms with Gasteiger partial charge in [-0.25, -0.2) is 9.78 Å². The van der Waals surface area contributed by atoms with Crippen LogP contribution in [0.2, 0.25) is 5.02 Å². The van der Waals surface area contributed by atoms with Crippen LogP contribution in [-0.2, 0) is 35.6 Å². The number of aryl methyl sites for hydroxylation is 1. The molecule has 8 nitrogen and oxygen atoms in total. The lowest BCUT2D eigenvalue weighted by Gasteiger charge is -2.28. The van der Waals surface area contributed by atoms with Gasteiger partial charge in [-0.1, -0.05) is 53.6 Å². The molecular formula is C26H27ClN4O4. The number of hydrogen-bond donors (Lipinski definition) is 1. The topological polar surface area (TPSA) is 93.5 Å². The van der Waals surface area contributed by atoms with Crippen molar-refractivity contribution in [2.24, 2.45) is 0 Å². The summed E-state index contributed by atoms with van der Waals surface area (Å²) in [5.74, 6) is 0.0854. The summed E-state index contributed by atoms with van der Waals surface area (Å²) in [6.45, 7) is 4.69. The second-order valence-corrected chi connectivity index (χ2v) is 8.83. The molecule has 1 aliphatic heterocycles. The Bertz CT molecular complexity index is 1290. The van der Waals surface area contributed by atoms with Gasteiger partial charge in [-0.2, -0.15) is 0 Å². The SMILES string of the molecule is CCOC(=O)N1CCc2c(nc(-c3ccc(C)cc3)n(CC(=O)NCc3ccc(Cl)cc3)c2=O)C1. The normalized spacial score (nSPS) is 12.7. The summed E-state index contributed by atoms with van der Waals surface area (Å²) in [6, 6.07) is 14.8. The highest BCUT2D eigenvalue weighted by Gasteiger charge is 2.27. The Hall–Kier alpha value is -3.65. The van der Waals surface area contributed by atoms with Crippen LogP contribution in [0.4, 0.5) is 4.79 Å². The molecule has 1 aliphatic rings. The molecule has 0 saturated heterocycles. The van der Waals surface area contributed by atoms with Crippen molar-refractivity contribution in [1.82, 2.24) is 19.8 Å². The van der Waals surface area contributed by atoms with E-state index in [-0.39, 0.29) is 31.2 Å². The van der Waals surface area contributed by atoms with Crippen LogP contribution in [0.3, 0.4) is 0 Å².